The second kappa shape index (κ2) is 7.32. The molecule has 1 radical (unpaired) electrons. The fourth-order valence-corrected chi connectivity index (χ4v) is 4.38. The van der Waals surface area contributed by atoms with Gasteiger partial charge in [0.1, 0.15) is 11.9 Å². The molecule has 4 heteroatoms. The molecule has 1 aromatic carbocycles. The third kappa shape index (κ3) is 3.55. The Bertz CT molecular complexity index is 522. The molecular weight excluding hydrogens is 298 g/mol. The normalized spacial score (nSPS) is 26.3. The zero-order valence-electron chi connectivity index (χ0n) is 14.9. The van der Waals surface area contributed by atoms with Crippen LogP contribution in [0.4, 0.5) is 5.69 Å². The first-order valence-electron chi connectivity index (χ1n) is 9.68. The van der Waals surface area contributed by atoms with Gasteiger partial charge >= 0.3 is 0 Å². The molecule has 3 fully saturated rings. The predicted octanol–water partition coefficient (Wildman–Crippen LogP) is 3.24. The van der Waals surface area contributed by atoms with Gasteiger partial charge in [0.25, 0.3) is 0 Å². The van der Waals surface area contributed by atoms with E-state index in [9.17, 15) is 0 Å². The van der Waals surface area contributed by atoms with Crippen LogP contribution in [0.5, 0.6) is 5.75 Å². The molecule has 1 saturated heterocycles. The highest BCUT2D eigenvalue weighted by molar-refractivity contribution is 5.52. The van der Waals surface area contributed by atoms with Crippen molar-refractivity contribution >= 4 is 5.69 Å². The number of piperazine rings is 1. The van der Waals surface area contributed by atoms with E-state index in [1.807, 2.05) is 0 Å². The Morgan fingerprint density at radius 1 is 1.04 bits per heavy atom. The Kier molecular flexibility index (Phi) is 4.95. The molecule has 1 atom stereocenters. The molecular formula is C20H30N3O. The number of benzene rings is 1. The maximum Gasteiger partial charge on any atom is 0.119 e. The second-order valence-corrected chi connectivity index (χ2v) is 7.51. The number of anilines is 1. The van der Waals surface area contributed by atoms with Crippen molar-refractivity contribution in [2.45, 2.75) is 63.2 Å². The van der Waals surface area contributed by atoms with Crippen molar-refractivity contribution in [3.8, 4) is 5.75 Å². The number of ether oxygens (including phenoxy) is 1. The van der Waals surface area contributed by atoms with Crippen molar-refractivity contribution in [3.05, 3.63) is 24.3 Å². The first-order chi connectivity index (χ1) is 11.8. The van der Waals surface area contributed by atoms with E-state index < -0.39 is 0 Å². The summed E-state index contributed by atoms with van der Waals surface area (Å²) < 4.78 is 5.32. The fraction of sp³-hybridized carbons (Fsp3) is 0.700. The van der Waals surface area contributed by atoms with Crippen LogP contribution in [-0.2, 0) is 0 Å². The van der Waals surface area contributed by atoms with Gasteiger partial charge in [-0.1, -0.05) is 19.3 Å². The number of nitrogens with zero attached hydrogens (tertiary/aromatic N) is 3. The van der Waals surface area contributed by atoms with Crippen molar-refractivity contribution in [2.24, 2.45) is 0 Å². The Labute approximate surface area is 146 Å². The molecule has 1 heterocycles. The summed E-state index contributed by atoms with van der Waals surface area (Å²) in [5, 5.41) is 5.01. The molecule has 4 nitrogen and oxygen atoms in total. The summed E-state index contributed by atoms with van der Waals surface area (Å²) in [5.41, 5.74) is 1.30. The van der Waals surface area contributed by atoms with E-state index in [0.29, 0.717) is 12.2 Å². The van der Waals surface area contributed by atoms with Crippen LogP contribution in [0.1, 0.15) is 44.9 Å². The fourth-order valence-electron chi connectivity index (χ4n) is 4.38. The lowest BCUT2D eigenvalue weighted by molar-refractivity contribution is 0.112. The average molecular weight is 328 g/mol. The lowest BCUT2D eigenvalue weighted by atomic mass is 9.93. The minimum absolute atomic E-state index is 0.321. The summed E-state index contributed by atoms with van der Waals surface area (Å²) in [6, 6.07) is 10.0. The molecule has 0 aromatic heterocycles. The van der Waals surface area contributed by atoms with Crippen molar-refractivity contribution in [1.29, 1.82) is 0 Å². The minimum Gasteiger partial charge on any atom is -0.497 e. The van der Waals surface area contributed by atoms with Gasteiger partial charge in [0.15, 0.2) is 0 Å². The lowest BCUT2D eigenvalue weighted by Gasteiger charge is -2.44. The average Bonchev–Trinajstić information content (AvgIpc) is 3.49. The summed E-state index contributed by atoms with van der Waals surface area (Å²) in [7, 11) is 1.73. The van der Waals surface area contributed by atoms with Gasteiger partial charge in [-0.2, -0.15) is 0 Å². The Morgan fingerprint density at radius 2 is 1.79 bits per heavy atom. The Hall–Kier alpha value is -1.26. The van der Waals surface area contributed by atoms with Crippen molar-refractivity contribution in [3.63, 3.8) is 0 Å². The molecule has 0 amide bonds. The van der Waals surface area contributed by atoms with Gasteiger partial charge in [0, 0.05) is 37.4 Å². The molecule has 2 saturated carbocycles. The maximum atomic E-state index is 5.32. The van der Waals surface area contributed by atoms with E-state index in [2.05, 4.69) is 34.1 Å². The number of hydrogen-bond acceptors (Lipinski definition) is 3. The summed E-state index contributed by atoms with van der Waals surface area (Å²) >= 11 is 0. The summed E-state index contributed by atoms with van der Waals surface area (Å²) in [5.74, 6) is 0.930. The summed E-state index contributed by atoms with van der Waals surface area (Å²) in [6.07, 6.45) is 9.96. The summed E-state index contributed by atoms with van der Waals surface area (Å²) in [6.45, 7) is 3.25. The van der Waals surface area contributed by atoms with E-state index in [1.165, 1.54) is 50.6 Å². The molecule has 0 bridgehead atoms. The van der Waals surface area contributed by atoms with Gasteiger partial charge in [0.2, 0.25) is 0 Å². The van der Waals surface area contributed by atoms with E-state index in [1.54, 1.807) is 7.11 Å². The quantitative estimate of drug-likeness (QED) is 0.831. The van der Waals surface area contributed by atoms with Gasteiger partial charge < -0.3 is 9.64 Å². The monoisotopic (exact) mass is 328 g/mol. The van der Waals surface area contributed by atoms with Crippen LogP contribution in [0.25, 0.3) is 0 Å². The van der Waals surface area contributed by atoms with Crippen LogP contribution in [0.3, 0.4) is 0 Å². The van der Waals surface area contributed by atoms with Crippen LogP contribution in [0.2, 0.25) is 0 Å². The molecule has 0 N–H and O–H groups in total. The molecule has 2 aliphatic carbocycles. The standard InChI is InChI=1S/C20H30N3O/c1-24-19-11-9-18(10-12-19)23(17-7-8-17)20-15-22(14-13-21-20)16-5-3-2-4-6-16/h9-12,16-17,20H,2-8,13-15H2,1H3. The largest absolute Gasteiger partial charge is 0.497 e. The SMILES string of the molecule is COc1ccc(N(C2CC2)C2CN(C3CCCCC3)CC[N]2)cc1. The molecule has 1 aliphatic heterocycles. The van der Waals surface area contributed by atoms with Gasteiger partial charge in [-0.05, 0) is 49.9 Å². The van der Waals surface area contributed by atoms with Gasteiger partial charge in [-0.3, -0.25) is 4.90 Å². The van der Waals surface area contributed by atoms with Crippen LogP contribution < -0.4 is 15.0 Å². The van der Waals surface area contributed by atoms with Crippen LogP contribution in [0, 0.1) is 0 Å². The molecule has 131 valence electrons. The van der Waals surface area contributed by atoms with Gasteiger partial charge in [0.05, 0.1) is 7.11 Å². The zero-order valence-corrected chi connectivity index (χ0v) is 14.9. The van der Waals surface area contributed by atoms with Gasteiger partial charge in [-0.15, -0.1) is 0 Å². The number of methoxy groups -OCH3 is 1. The Morgan fingerprint density at radius 3 is 2.46 bits per heavy atom. The van der Waals surface area contributed by atoms with E-state index >= 15 is 0 Å². The molecule has 1 aromatic rings. The first kappa shape index (κ1) is 16.2. The van der Waals surface area contributed by atoms with Crippen molar-refractivity contribution in [1.82, 2.24) is 10.2 Å². The van der Waals surface area contributed by atoms with Gasteiger partial charge in [-0.25, -0.2) is 5.32 Å². The van der Waals surface area contributed by atoms with Crippen molar-refractivity contribution < 1.29 is 4.74 Å². The third-order valence-electron chi connectivity index (χ3n) is 5.85. The second-order valence-electron chi connectivity index (χ2n) is 7.51. The third-order valence-corrected chi connectivity index (χ3v) is 5.85. The van der Waals surface area contributed by atoms with E-state index in [-0.39, 0.29) is 0 Å². The molecule has 0 spiro atoms. The summed E-state index contributed by atoms with van der Waals surface area (Å²) in [4.78, 5) is 5.31. The highest BCUT2D eigenvalue weighted by atomic mass is 16.5. The zero-order chi connectivity index (χ0) is 16.4. The smallest absolute Gasteiger partial charge is 0.119 e. The number of hydrogen-bond donors (Lipinski definition) is 0. The predicted molar refractivity (Wildman–Crippen MR) is 97.7 cm³/mol. The Balaban J connectivity index is 1.48. The van der Waals surface area contributed by atoms with Crippen LogP contribution in [-0.4, -0.2) is 49.9 Å². The van der Waals surface area contributed by atoms with Crippen LogP contribution >= 0.6 is 0 Å². The molecule has 3 aliphatic rings. The highest BCUT2D eigenvalue weighted by Gasteiger charge is 2.38. The minimum atomic E-state index is 0.321. The maximum absolute atomic E-state index is 5.32. The number of rotatable bonds is 5. The molecule has 1 unspecified atom stereocenters. The van der Waals surface area contributed by atoms with Crippen molar-refractivity contribution in [2.75, 3.05) is 31.6 Å². The topological polar surface area (TPSA) is 29.8 Å². The van der Waals surface area contributed by atoms with E-state index in [4.69, 9.17) is 10.1 Å². The molecule has 4 rings (SSSR count). The first-order valence-corrected chi connectivity index (χ1v) is 9.68. The van der Waals surface area contributed by atoms with Crippen LogP contribution in [0.15, 0.2) is 24.3 Å². The van der Waals surface area contributed by atoms with E-state index in [0.717, 1.165) is 31.4 Å². The lowest BCUT2D eigenvalue weighted by Crippen LogP contribution is -2.58. The molecule has 24 heavy (non-hydrogen) atoms. The highest BCUT2D eigenvalue weighted by Crippen LogP contribution is 2.35.